The van der Waals surface area contributed by atoms with Crippen molar-refractivity contribution in [3.05, 3.63) is 29.3 Å². The molecule has 17 heavy (non-hydrogen) atoms. The summed E-state index contributed by atoms with van der Waals surface area (Å²) in [6.45, 7) is 3.76. The number of nitrogens with zero attached hydrogens (tertiary/aromatic N) is 1. The van der Waals surface area contributed by atoms with Gasteiger partial charge >= 0.3 is 0 Å². The Kier molecular flexibility index (Phi) is 4.15. The number of rotatable bonds is 2. The maximum Gasteiger partial charge on any atom is 0.125 e. The van der Waals surface area contributed by atoms with Crippen molar-refractivity contribution in [1.82, 2.24) is 0 Å². The van der Waals surface area contributed by atoms with Gasteiger partial charge in [-0.2, -0.15) is 5.26 Å². The summed E-state index contributed by atoms with van der Waals surface area (Å²) in [7, 11) is 0. The third-order valence-electron chi connectivity index (χ3n) is 2.78. The molecule has 0 aliphatic carbocycles. The summed E-state index contributed by atoms with van der Waals surface area (Å²) in [5.74, 6) is 5.67. The average molecular weight is 228 g/mol. The van der Waals surface area contributed by atoms with Gasteiger partial charge in [0.05, 0.1) is 11.6 Å². The molecule has 3 heteroatoms. The number of aliphatic hydroxyl groups is 1. The highest BCUT2D eigenvalue weighted by atomic mass is 16.3. The zero-order valence-electron chi connectivity index (χ0n) is 10.1. The van der Waals surface area contributed by atoms with E-state index in [9.17, 15) is 5.11 Å². The fraction of sp³-hybridized carbons (Fsp3) is 0.357. The van der Waals surface area contributed by atoms with Crippen molar-refractivity contribution in [3.63, 3.8) is 0 Å². The molecule has 3 N–H and O–H groups in total. The molecule has 0 fully saturated rings. The Balaban J connectivity index is 3.12. The lowest BCUT2D eigenvalue weighted by Gasteiger charge is -2.17. The fourth-order valence-electron chi connectivity index (χ4n) is 1.34. The molecule has 0 unspecified atom stereocenters. The maximum absolute atomic E-state index is 10.0. The first-order valence-corrected chi connectivity index (χ1v) is 5.60. The zero-order chi connectivity index (χ0) is 12.9. The van der Waals surface area contributed by atoms with Gasteiger partial charge in [0.25, 0.3) is 0 Å². The van der Waals surface area contributed by atoms with Crippen molar-refractivity contribution in [2.75, 3.05) is 5.73 Å². The van der Waals surface area contributed by atoms with E-state index in [0.717, 1.165) is 0 Å². The number of hydrogen-bond acceptors (Lipinski definition) is 3. The van der Waals surface area contributed by atoms with Crippen LogP contribution in [0.1, 0.15) is 37.8 Å². The van der Waals surface area contributed by atoms with Gasteiger partial charge in [-0.05, 0) is 31.0 Å². The van der Waals surface area contributed by atoms with Gasteiger partial charge in [0, 0.05) is 11.3 Å². The van der Waals surface area contributed by atoms with E-state index in [1.807, 2.05) is 19.9 Å². The second kappa shape index (κ2) is 5.39. The summed E-state index contributed by atoms with van der Waals surface area (Å²) >= 11 is 0. The summed E-state index contributed by atoms with van der Waals surface area (Å²) in [5.41, 5.74) is 6.41. The van der Waals surface area contributed by atoms with E-state index in [1.165, 1.54) is 0 Å². The van der Waals surface area contributed by atoms with Crippen LogP contribution >= 0.6 is 0 Å². The topological polar surface area (TPSA) is 70.0 Å². The van der Waals surface area contributed by atoms with Gasteiger partial charge in [0.15, 0.2) is 0 Å². The highest BCUT2D eigenvalue weighted by Crippen LogP contribution is 2.16. The standard InChI is InChI=1S/C14H16N2O/c1-3-14(17,4-2)8-7-12-9-11(10-15)5-6-13(12)16/h5-6,9,17H,3-4,16H2,1-2H3. The van der Waals surface area contributed by atoms with Crippen LogP contribution in [0.3, 0.4) is 0 Å². The lowest BCUT2D eigenvalue weighted by atomic mass is 9.97. The van der Waals surface area contributed by atoms with Gasteiger partial charge in [-0.15, -0.1) is 0 Å². The minimum absolute atomic E-state index is 0.514. The molecule has 1 aromatic rings. The van der Waals surface area contributed by atoms with Crippen LogP contribution in [0, 0.1) is 23.2 Å². The average Bonchev–Trinajstić information content (AvgIpc) is 2.37. The second-order valence-electron chi connectivity index (χ2n) is 3.90. The highest BCUT2D eigenvalue weighted by molar-refractivity contribution is 5.59. The van der Waals surface area contributed by atoms with Crippen molar-refractivity contribution in [2.45, 2.75) is 32.3 Å². The first-order chi connectivity index (χ1) is 8.04. The predicted octanol–water partition coefficient (Wildman–Crippen LogP) is 2.04. The molecule has 0 aliphatic heterocycles. The summed E-state index contributed by atoms with van der Waals surface area (Å²) in [5, 5.41) is 18.8. The van der Waals surface area contributed by atoms with E-state index in [2.05, 4.69) is 11.8 Å². The Morgan fingerprint density at radius 1 is 1.35 bits per heavy atom. The summed E-state index contributed by atoms with van der Waals surface area (Å²) in [6.07, 6.45) is 1.13. The molecule has 88 valence electrons. The molecule has 0 heterocycles. The smallest absolute Gasteiger partial charge is 0.125 e. The quantitative estimate of drug-likeness (QED) is 0.601. The lowest BCUT2D eigenvalue weighted by molar-refractivity contribution is 0.0931. The van der Waals surface area contributed by atoms with E-state index in [-0.39, 0.29) is 0 Å². The molecule has 0 amide bonds. The lowest BCUT2D eigenvalue weighted by Crippen LogP contribution is -2.23. The largest absolute Gasteiger partial charge is 0.398 e. The number of nitrogens with two attached hydrogens (primary N) is 1. The molecule has 0 saturated heterocycles. The van der Waals surface area contributed by atoms with Gasteiger partial charge < -0.3 is 10.8 Å². The molecule has 0 bridgehead atoms. The number of anilines is 1. The van der Waals surface area contributed by atoms with Crippen molar-refractivity contribution >= 4 is 5.69 Å². The molecule has 0 aliphatic rings. The van der Waals surface area contributed by atoms with Crippen molar-refractivity contribution in [3.8, 4) is 17.9 Å². The first-order valence-electron chi connectivity index (χ1n) is 5.60. The van der Waals surface area contributed by atoms with E-state index < -0.39 is 5.60 Å². The Bertz CT molecular complexity index is 499. The van der Waals surface area contributed by atoms with Crippen LogP contribution in [0.25, 0.3) is 0 Å². The predicted molar refractivity (Wildman–Crippen MR) is 68.0 cm³/mol. The molecule has 0 saturated carbocycles. The minimum Gasteiger partial charge on any atom is -0.398 e. The van der Waals surface area contributed by atoms with Crippen molar-refractivity contribution in [1.29, 1.82) is 5.26 Å². The molecule has 0 radical (unpaired) electrons. The second-order valence-corrected chi connectivity index (χ2v) is 3.90. The van der Waals surface area contributed by atoms with Crippen LogP contribution in [-0.4, -0.2) is 10.7 Å². The van der Waals surface area contributed by atoms with Crippen LogP contribution < -0.4 is 5.73 Å². The van der Waals surface area contributed by atoms with E-state index in [4.69, 9.17) is 11.0 Å². The Morgan fingerprint density at radius 3 is 2.53 bits per heavy atom. The Morgan fingerprint density at radius 2 is 2.00 bits per heavy atom. The first kappa shape index (κ1) is 13.1. The third-order valence-corrected chi connectivity index (χ3v) is 2.78. The van der Waals surface area contributed by atoms with Crippen LogP contribution in [0.15, 0.2) is 18.2 Å². The Labute approximate surface area is 102 Å². The van der Waals surface area contributed by atoms with Crippen LogP contribution in [0.5, 0.6) is 0 Å². The van der Waals surface area contributed by atoms with Gasteiger partial charge in [-0.25, -0.2) is 0 Å². The fourth-order valence-corrected chi connectivity index (χ4v) is 1.34. The maximum atomic E-state index is 10.0. The van der Waals surface area contributed by atoms with Gasteiger partial charge in [0.2, 0.25) is 0 Å². The SMILES string of the molecule is CCC(O)(C#Cc1cc(C#N)ccc1N)CC. The van der Waals surface area contributed by atoms with E-state index >= 15 is 0 Å². The molecule has 0 spiro atoms. The molecule has 1 aromatic carbocycles. The Hall–Kier alpha value is -1.97. The van der Waals surface area contributed by atoms with E-state index in [0.29, 0.717) is 29.7 Å². The van der Waals surface area contributed by atoms with Crippen LogP contribution in [0.2, 0.25) is 0 Å². The molecule has 0 aromatic heterocycles. The number of hydrogen-bond donors (Lipinski definition) is 2. The number of nitrogen functional groups attached to an aromatic ring is 1. The van der Waals surface area contributed by atoms with Crippen molar-refractivity contribution in [2.24, 2.45) is 0 Å². The van der Waals surface area contributed by atoms with Crippen LogP contribution in [-0.2, 0) is 0 Å². The molecular weight excluding hydrogens is 212 g/mol. The van der Waals surface area contributed by atoms with Crippen molar-refractivity contribution < 1.29 is 5.11 Å². The summed E-state index contributed by atoms with van der Waals surface area (Å²) in [4.78, 5) is 0. The van der Waals surface area contributed by atoms with Gasteiger partial charge in [0.1, 0.15) is 5.60 Å². The third kappa shape index (κ3) is 3.24. The number of nitriles is 1. The normalized spacial score (nSPS) is 10.2. The number of benzene rings is 1. The highest BCUT2D eigenvalue weighted by Gasteiger charge is 2.18. The monoisotopic (exact) mass is 228 g/mol. The molecule has 0 atom stereocenters. The van der Waals surface area contributed by atoms with Gasteiger partial charge in [-0.1, -0.05) is 25.7 Å². The molecular formula is C14H16N2O. The van der Waals surface area contributed by atoms with Gasteiger partial charge in [-0.3, -0.25) is 0 Å². The summed E-state index contributed by atoms with van der Waals surface area (Å²) in [6, 6.07) is 6.96. The van der Waals surface area contributed by atoms with Crippen LogP contribution in [0.4, 0.5) is 5.69 Å². The zero-order valence-corrected chi connectivity index (χ0v) is 10.1. The molecule has 1 rings (SSSR count). The minimum atomic E-state index is -0.977. The van der Waals surface area contributed by atoms with E-state index in [1.54, 1.807) is 18.2 Å². The summed E-state index contributed by atoms with van der Waals surface area (Å²) < 4.78 is 0. The molecule has 3 nitrogen and oxygen atoms in total.